The molecule has 1 aliphatic rings. The molecule has 2 aromatic heterocycles. The SMILES string of the molecule is CC.CC(NC(=O)c1ncnc2c1CCC(=O)N2)c1cc(C(=O)O)no1. The van der Waals surface area contributed by atoms with Gasteiger partial charge in [0.25, 0.3) is 5.91 Å². The summed E-state index contributed by atoms with van der Waals surface area (Å²) >= 11 is 0. The monoisotopic (exact) mass is 361 g/mol. The van der Waals surface area contributed by atoms with Gasteiger partial charge in [0.2, 0.25) is 5.91 Å². The van der Waals surface area contributed by atoms with Gasteiger partial charge in [0.1, 0.15) is 17.8 Å². The van der Waals surface area contributed by atoms with Crippen LogP contribution in [-0.4, -0.2) is 38.0 Å². The molecule has 1 aliphatic heterocycles. The maximum atomic E-state index is 12.4. The summed E-state index contributed by atoms with van der Waals surface area (Å²) in [5.74, 6) is -1.33. The first kappa shape index (κ1) is 19.0. The zero-order valence-corrected chi connectivity index (χ0v) is 14.6. The predicted molar refractivity (Wildman–Crippen MR) is 89.7 cm³/mol. The van der Waals surface area contributed by atoms with Crippen LogP contribution < -0.4 is 10.6 Å². The number of nitrogens with one attached hydrogen (secondary N) is 2. The topological polar surface area (TPSA) is 147 Å². The molecule has 3 N–H and O–H groups in total. The average molecular weight is 361 g/mol. The molecule has 2 aromatic rings. The summed E-state index contributed by atoms with van der Waals surface area (Å²) in [7, 11) is 0. The van der Waals surface area contributed by atoms with E-state index in [1.807, 2.05) is 13.8 Å². The van der Waals surface area contributed by atoms with E-state index in [1.165, 1.54) is 12.4 Å². The highest BCUT2D eigenvalue weighted by Gasteiger charge is 2.25. The molecule has 1 atom stereocenters. The Labute approximate surface area is 149 Å². The third-order valence-corrected chi connectivity index (χ3v) is 3.54. The van der Waals surface area contributed by atoms with Gasteiger partial charge in [0, 0.05) is 18.1 Å². The van der Waals surface area contributed by atoms with Crippen molar-refractivity contribution in [1.29, 1.82) is 0 Å². The molecule has 2 amide bonds. The van der Waals surface area contributed by atoms with E-state index < -0.39 is 17.9 Å². The van der Waals surface area contributed by atoms with Crippen molar-refractivity contribution in [3.8, 4) is 0 Å². The van der Waals surface area contributed by atoms with Gasteiger partial charge in [-0.2, -0.15) is 0 Å². The Morgan fingerprint density at radius 2 is 2.04 bits per heavy atom. The maximum Gasteiger partial charge on any atom is 0.358 e. The minimum atomic E-state index is -1.22. The van der Waals surface area contributed by atoms with Crippen LogP contribution in [0.25, 0.3) is 0 Å². The Kier molecular flexibility index (Phi) is 5.99. The van der Waals surface area contributed by atoms with Gasteiger partial charge in [-0.3, -0.25) is 9.59 Å². The Bertz CT molecular complexity index is 832. The molecule has 138 valence electrons. The predicted octanol–water partition coefficient (Wildman–Crippen LogP) is 1.56. The van der Waals surface area contributed by atoms with Crippen molar-refractivity contribution in [3.63, 3.8) is 0 Å². The average Bonchev–Trinajstić information content (AvgIpc) is 3.13. The second-order valence-electron chi connectivity index (χ2n) is 5.21. The number of aromatic carboxylic acids is 1. The van der Waals surface area contributed by atoms with E-state index >= 15 is 0 Å². The molecule has 0 fully saturated rings. The van der Waals surface area contributed by atoms with Crippen LogP contribution in [0.15, 0.2) is 16.9 Å². The fourth-order valence-corrected chi connectivity index (χ4v) is 2.32. The number of carbonyl (C=O) groups excluding carboxylic acids is 2. The van der Waals surface area contributed by atoms with Crippen molar-refractivity contribution in [2.24, 2.45) is 0 Å². The number of carboxylic acids is 1. The fourth-order valence-electron chi connectivity index (χ4n) is 2.32. The summed E-state index contributed by atoms with van der Waals surface area (Å²) in [6.45, 7) is 5.62. The summed E-state index contributed by atoms with van der Waals surface area (Å²) in [4.78, 5) is 42.6. The number of hydrogen-bond acceptors (Lipinski definition) is 7. The molecule has 0 saturated heterocycles. The van der Waals surface area contributed by atoms with Crippen LogP contribution in [0.4, 0.5) is 5.82 Å². The molecule has 0 spiro atoms. The summed E-state index contributed by atoms with van der Waals surface area (Å²) in [5, 5.41) is 17.5. The molecule has 0 radical (unpaired) electrons. The van der Waals surface area contributed by atoms with Gasteiger partial charge in [0.05, 0.1) is 6.04 Å². The third kappa shape index (κ3) is 4.02. The normalized spacial score (nSPS) is 13.6. The van der Waals surface area contributed by atoms with Crippen LogP contribution in [0, 0.1) is 0 Å². The van der Waals surface area contributed by atoms with E-state index in [9.17, 15) is 14.4 Å². The lowest BCUT2D eigenvalue weighted by atomic mass is 10.0. The number of anilines is 1. The standard InChI is InChI=1S/C14H13N5O5.C2H6/c1-6(9-4-8(14(22)23)19-24-9)17-13(21)11-7-2-3-10(20)18-12(7)16-5-15-11;1-2/h4-6H,2-3H2,1H3,(H,17,21)(H,22,23)(H,15,16,18,20);1-2H3. The molecule has 10 heteroatoms. The zero-order valence-electron chi connectivity index (χ0n) is 14.6. The second kappa shape index (κ2) is 8.19. The maximum absolute atomic E-state index is 12.4. The molecule has 10 nitrogen and oxygen atoms in total. The van der Waals surface area contributed by atoms with Gasteiger partial charge in [-0.15, -0.1) is 0 Å². The van der Waals surface area contributed by atoms with E-state index in [2.05, 4.69) is 25.8 Å². The lowest BCUT2D eigenvalue weighted by Crippen LogP contribution is -2.30. The van der Waals surface area contributed by atoms with Crippen molar-refractivity contribution in [2.45, 2.75) is 39.7 Å². The zero-order chi connectivity index (χ0) is 19.3. The lowest BCUT2D eigenvalue weighted by Gasteiger charge is -2.18. The number of nitrogens with zero attached hydrogens (tertiary/aromatic N) is 3. The Balaban J connectivity index is 0.00000117. The molecular weight excluding hydrogens is 342 g/mol. The minimum Gasteiger partial charge on any atom is -0.476 e. The van der Waals surface area contributed by atoms with Crippen molar-refractivity contribution in [1.82, 2.24) is 20.4 Å². The largest absolute Gasteiger partial charge is 0.476 e. The van der Waals surface area contributed by atoms with Crippen molar-refractivity contribution in [2.75, 3.05) is 5.32 Å². The van der Waals surface area contributed by atoms with E-state index in [1.54, 1.807) is 6.92 Å². The number of rotatable bonds is 4. The first-order valence-corrected chi connectivity index (χ1v) is 8.10. The summed E-state index contributed by atoms with van der Waals surface area (Å²) < 4.78 is 4.92. The molecule has 1 unspecified atom stereocenters. The van der Waals surface area contributed by atoms with E-state index in [4.69, 9.17) is 9.63 Å². The highest BCUT2D eigenvalue weighted by molar-refractivity contribution is 5.99. The van der Waals surface area contributed by atoms with Gasteiger partial charge in [-0.1, -0.05) is 19.0 Å². The van der Waals surface area contributed by atoms with Crippen LogP contribution in [0.3, 0.4) is 0 Å². The lowest BCUT2D eigenvalue weighted by molar-refractivity contribution is -0.116. The Morgan fingerprint density at radius 3 is 2.69 bits per heavy atom. The molecule has 0 aliphatic carbocycles. The molecular formula is C16H19N5O5. The fraction of sp³-hybridized carbons (Fsp3) is 0.375. The van der Waals surface area contributed by atoms with Gasteiger partial charge in [-0.25, -0.2) is 14.8 Å². The van der Waals surface area contributed by atoms with Crippen LogP contribution in [-0.2, 0) is 11.2 Å². The molecule has 0 saturated carbocycles. The highest BCUT2D eigenvalue weighted by Crippen LogP contribution is 2.23. The summed E-state index contributed by atoms with van der Waals surface area (Å²) in [6, 6.07) is 0.630. The molecule has 3 heterocycles. The smallest absolute Gasteiger partial charge is 0.358 e. The number of amides is 2. The number of fused-ring (bicyclic) bond motifs is 1. The molecule has 3 rings (SSSR count). The van der Waals surface area contributed by atoms with Crippen LogP contribution in [0.2, 0.25) is 0 Å². The molecule has 0 bridgehead atoms. The number of carbonyl (C=O) groups is 3. The second-order valence-corrected chi connectivity index (χ2v) is 5.21. The van der Waals surface area contributed by atoms with Gasteiger partial charge < -0.3 is 20.3 Å². The van der Waals surface area contributed by atoms with Crippen LogP contribution >= 0.6 is 0 Å². The molecule has 0 aromatic carbocycles. The summed E-state index contributed by atoms with van der Waals surface area (Å²) in [6.07, 6.45) is 1.81. The van der Waals surface area contributed by atoms with Crippen LogP contribution in [0.1, 0.15) is 65.5 Å². The van der Waals surface area contributed by atoms with E-state index in [0.29, 0.717) is 17.8 Å². The first-order chi connectivity index (χ1) is 12.5. The van der Waals surface area contributed by atoms with Crippen molar-refractivity contribution < 1.29 is 24.0 Å². The first-order valence-electron chi connectivity index (χ1n) is 8.10. The quantitative estimate of drug-likeness (QED) is 0.743. The van der Waals surface area contributed by atoms with Gasteiger partial charge >= 0.3 is 5.97 Å². The number of hydrogen-bond donors (Lipinski definition) is 3. The number of carboxylic acid groups (broad SMARTS) is 1. The minimum absolute atomic E-state index is 0.157. The van der Waals surface area contributed by atoms with Crippen LogP contribution in [0.5, 0.6) is 0 Å². The van der Waals surface area contributed by atoms with Gasteiger partial charge in [0.15, 0.2) is 11.5 Å². The van der Waals surface area contributed by atoms with Crippen molar-refractivity contribution >= 4 is 23.6 Å². The Morgan fingerprint density at radius 1 is 1.31 bits per heavy atom. The highest BCUT2D eigenvalue weighted by atomic mass is 16.5. The van der Waals surface area contributed by atoms with Crippen molar-refractivity contribution in [3.05, 3.63) is 35.1 Å². The summed E-state index contributed by atoms with van der Waals surface area (Å²) in [5.41, 5.74) is 0.476. The number of aromatic nitrogens is 3. The van der Waals surface area contributed by atoms with E-state index in [0.717, 1.165) is 0 Å². The Hall–Kier alpha value is -3.30. The molecule has 26 heavy (non-hydrogen) atoms. The van der Waals surface area contributed by atoms with E-state index in [-0.39, 0.29) is 29.5 Å². The third-order valence-electron chi connectivity index (χ3n) is 3.54. The van der Waals surface area contributed by atoms with Gasteiger partial charge in [-0.05, 0) is 13.3 Å².